The van der Waals surface area contributed by atoms with Crippen LogP contribution in [0.5, 0.6) is 0 Å². The minimum Gasteiger partial charge on any atom is -0.392 e. The maximum atomic E-state index is 9.48. The highest BCUT2D eigenvalue weighted by atomic mass is 16.5. The summed E-state index contributed by atoms with van der Waals surface area (Å²) in [5.41, 5.74) is 3.38. The molecule has 1 aliphatic rings. The number of aryl methyl sites for hydroxylation is 1. The maximum Gasteiger partial charge on any atom is 0.0750 e. The van der Waals surface area contributed by atoms with E-state index < -0.39 is 0 Å². The van der Waals surface area contributed by atoms with Gasteiger partial charge in [-0.25, -0.2) is 0 Å². The SMILES string of the molecule is CCOC1CCCN(c2ccc(C)cc2CO)C1. The summed E-state index contributed by atoms with van der Waals surface area (Å²) >= 11 is 0. The van der Waals surface area contributed by atoms with Crippen molar-refractivity contribution in [2.45, 2.75) is 39.4 Å². The van der Waals surface area contributed by atoms with Crippen LogP contribution >= 0.6 is 0 Å². The monoisotopic (exact) mass is 249 g/mol. The fourth-order valence-corrected chi connectivity index (χ4v) is 2.68. The van der Waals surface area contributed by atoms with Gasteiger partial charge in [0.2, 0.25) is 0 Å². The van der Waals surface area contributed by atoms with E-state index >= 15 is 0 Å². The summed E-state index contributed by atoms with van der Waals surface area (Å²) in [6.07, 6.45) is 2.63. The number of piperidine rings is 1. The average molecular weight is 249 g/mol. The van der Waals surface area contributed by atoms with Gasteiger partial charge in [-0.1, -0.05) is 17.7 Å². The van der Waals surface area contributed by atoms with Crippen LogP contribution in [0.1, 0.15) is 30.9 Å². The lowest BCUT2D eigenvalue weighted by molar-refractivity contribution is 0.0526. The van der Waals surface area contributed by atoms with E-state index in [2.05, 4.69) is 30.0 Å². The highest BCUT2D eigenvalue weighted by molar-refractivity contribution is 5.55. The Bertz CT molecular complexity index is 390. The normalized spacial score (nSPS) is 20.2. The van der Waals surface area contributed by atoms with Gasteiger partial charge in [-0.2, -0.15) is 0 Å². The highest BCUT2D eigenvalue weighted by Crippen LogP contribution is 2.26. The van der Waals surface area contributed by atoms with Crippen LogP contribution in [0.15, 0.2) is 18.2 Å². The lowest BCUT2D eigenvalue weighted by Crippen LogP contribution is -2.40. The van der Waals surface area contributed by atoms with E-state index in [0.717, 1.165) is 43.8 Å². The number of anilines is 1. The Morgan fingerprint density at radius 2 is 2.28 bits per heavy atom. The van der Waals surface area contributed by atoms with Crippen molar-refractivity contribution in [1.29, 1.82) is 0 Å². The maximum absolute atomic E-state index is 9.48. The van der Waals surface area contributed by atoms with Crippen LogP contribution in [-0.4, -0.2) is 30.9 Å². The number of ether oxygens (including phenoxy) is 1. The Labute approximate surface area is 109 Å². The summed E-state index contributed by atoms with van der Waals surface area (Å²) < 4.78 is 5.73. The quantitative estimate of drug-likeness (QED) is 0.890. The van der Waals surface area contributed by atoms with Crippen LogP contribution in [-0.2, 0) is 11.3 Å². The number of rotatable bonds is 4. The molecular formula is C15H23NO2. The molecule has 3 heteroatoms. The predicted octanol–water partition coefficient (Wildman–Crippen LogP) is 2.49. The van der Waals surface area contributed by atoms with Crippen LogP contribution in [0, 0.1) is 6.92 Å². The summed E-state index contributed by atoms with van der Waals surface area (Å²) in [5.74, 6) is 0. The second-order valence-electron chi connectivity index (χ2n) is 4.96. The second kappa shape index (κ2) is 6.21. The molecule has 1 heterocycles. The molecule has 1 fully saturated rings. The summed E-state index contributed by atoms with van der Waals surface area (Å²) in [6, 6.07) is 6.30. The first-order chi connectivity index (χ1) is 8.74. The molecule has 1 aromatic carbocycles. The molecule has 100 valence electrons. The Kier molecular flexibility index (Phi) is 4.61. The van der Waals surface area contributed by atoms with E-state index in [1.807, 2.05) is 6.92 Å². The van der Waals surface area contributed by atoms with Crippen LogP contribution in [0.4, 0.5) is 5.69 Å². The van der Waals surface area contributed by atoms with E-state index in [1.54, 1.807) is 0 Å². The van der Waals surface area contributed by atoms with Gasteiger partial charge in [0.05, 0.1) is 12.7 Å². The van der Waals surface area contributed by atoms with Gasteiger partial charge in [0.25, 0.3) is 0 Å². The van der Waals surface area contributed by atoms with Gasteiger partial charge < -0.3 is 14.7 Å². The molecule has 1 saturated heterocycles. The highest BCUT2D eigenvalue weighted by Gasteiger charge is 2.21. The van der Waals surface area contributed by atoms with E-state index in [-0.39, 0.29) is 6.61 Å². The van der Waals surface area contributed by atoms with Crippen LogP contribution < -0.4 is 4.90 Å². The first kappa shape index (κ1) is 13.4. The number of benzene rings is 1. The van der Waals surface area contributed by atoms with Gasteiger partial charge in [-0.15, -0.1) is 0 Å². The first-order valence-electron chi connectivity index (χ1n) is 6.81. The second-order valence-corrected chi connectivity index (χ2v) is 4.96. The van der Waals surface area contributed by atoms with Crippen LogP contribution in [0.25, 0.3) is 0 Å². The topological polar surface area (TPSA) is 32.7 Å². The number of hydrogen-bond donors (Lipinski definition) is 1. The van der Waals surface area contributed by atoms with Crippen LogP contribution in [0.3, 0.4) is 0 Å². The van der Waals surface area contributed by atoms with E-state index in [1.165, 1.54) is 5.56 Å². The molecule has 0 saturated carbocycles. The third-order valence-corrected chi connectivity index (χ3v) is 3.53. The zero-order valence-electron chi connectivity index (χ0n) is 11.4. The number of aliphatic hydroxyl groups is 1. The van der Waals surface area contributed by atoms with Gasteiger partial charge >= 0.3 is 0 Å². The molecule has 1 aromatic rings. The van der Waals surface area contributed by atoms with Gasteiger partial charge in [0, 0.05) is 30.9 Å². The van der Waals surface area contributed by atoms with E-state index in [9.17, 15) is 5.11 Å². The van der Waals surface area contributed by atoms with E-state index in [0.29, 0.717) is 6.10 Å². The van der Waals surface area contributed by atoms with Gasteiger partial charge in [0.1, 0.15) is 0 Å². The minimum absolute atomic E-state index is 0.104. The van der Waals surface area contributed by atoms with Crippen molar-refractivity contribution in [3.05, 3.63) is 29.3 Å². The number of aliphatic hydroxyl groups excluding tert-OH is 1. The lowest BCUT2D eigenvalue weighted by atomic mass is 10.0. The van der Waals surface area contributed by atoms with Gasteiger partial charge in [-0.05, 0) is 32.8 Å². The molecule has 1 atom stereocenters. The zero-order valence-corrected chi connectivity index (χ0v) is 11.4. The smallest absolute Gasteiger partial charge is 0.0750 e. The van der Waals surface area contributed by atoms with Crippen molar-refractivity contribution in [1.82, 2.24) is 0 Å². The molecule has 0 spiro atoms. The summed E-state index contributed by atoms with van der Waals surface area (Å²) in [4.78, 5) is 2.34. The fraction of sp³-hybridized carbons (Fsp3) is 0.600. The van der Waals surface area contributed by atoms with E-state index in [4.69, 9.17) is 4.74 Å². The molecule has 2 rings (SSSR count). The minimum atomic E-state index is 0.104. The fourth-order valence-electron chi connectivity index (χ4n) is 2.68. The van der Waals surface area contributed by atoms with Gasteiger partial charge in [-0.3, -0.25) is 0 Å². The average Bonchev–Trinajstić information content (AvgIpc) is 2.39. The Balaban J connectivity index is 2.15. The van der Waals surface area contributed by atoms with Crippen LogP contribution in [0.2, 0.25) is 0 Å². The summed E-state index contributed by atoms with van der Waals surface area (Å²) in [6.45, 7) is 6.97. The molecular weight excluding hydrogens is 226 g/mol. The Morgan fingerprint density at radius 3 is 3.00 bits per heavy atom. The van der Waals surface area contributed by atoms with Crippen molar-refractivity contribution in [2.75, 3.05) is 24.6 Å². The van der Waals surface area contributed by atoms with Crippen molar-refractivity contribution in [3.8, 4) is 0 Å². The predicted molar refractivity (Wildman–Crippen MR) is 74.0 cm³/mol. The summed E-state index contributed by atoms with van der Waals surface area (Å²) in [5, 5.41) is 9.48. The van der Waals surface area contributed by atoms with Crippen molar-refractivity contribution in [3.63, 3.8) is 0 Å². The van der Waals surface area contributed by atoms with Crippen molar-refractivity contribution < 1.29 is 9.84 Å². The molecule has 1 N–H and O–H groups in total. The molecule has 18 heavy (non-hydrogen) atoms. The molecule has 0 aliphatic carbocycles. The lowest BCUT2D eigenvalue weighted by Gasteiger charge is -2.35. The standard InChI is InChI=1S/C15H23NO2/c1-3-18-14-5-4-8-16(10-14)15-7-6-12(2)9-13(15)11-17/h6-7,9,14,17H,3-5,8,10-11H2,1-2H3. The molecule has 3 nitrogen and oxygen atoms in total. The summed E-state index contributed by atoms with van der Waals surface area (Å²) in [7, 11) is 0. The van der Waals surface area contributed by atoms with Crippen molar-refractivity contribution in [2.24, 2.45) is 0 Å². The van der Waals surface area contributed by atoms with Gasteiger partial charge in [0.15, 0.2) is 0 Å². The molecule has 0 aromatic heterocycles. The molecule has 0 amide bonds. The molecule has 0 radical (unpaired) electrons. The van der Waals surface area contributed by atoms with Crippen molar-refractivity contribution >= 4 is 5.69 Å². The molecule has 0 bridgehead atoms. The molecule has 1 aliphatic heterocycles. The number of hydrogen-bond acceptors (Lipinski definition) is 3. The first-order valence-corrected chi connectivity index (χ1v) is 6.81. The Hall–Kier alpha value is -1.06. The third kappa shape index (κ3) is 3.03. The largest absolute Gasteiger partial charge is 0.392 e. The zero-order chi connectivity index (χ0) is 13.0. The Morgan fingerprint density at radius 1 is 1.44 bits per heavy atom. The molecule has 1 unspecified atom stereocenters. The number of nitrogens with zero attached hydrogens (tertiary/aromatic N) is 1. The third-order valence-electron chi connectivity index (χ3n) is 3.53.